The Hall–Kier alpha value is -3.72. The Morgan fingerprint density at radius 1 is 1.00 bits per heavy atom. The van der Waals surface area contributed by atoms with Crippen LogP contribution in [0.15, 0.2) is 53.6 Å². The quantitative estimate of drug-likeness (QED) is 0.529. The number of amides is 3. The molecule has 0 spiro atoms. The van der Waals surface area contributed by atoms with Gasteiger partial charge in [-0.25, -0.2) is 9.78 Å². The van der Waals surface area contributed by atoms with Crippen LogP contribution >= 0.6 is 11.8 Å². The molecule has 0 radical (unpaired) electrons. The van der Waals surface area contributed by atoms with Crippen molar-refractivity contribution in [1.29, 1.82) is 0 Å². The van der Waals surface area contributed by atoms with Crippen molar-refractivity contribution in [2.24, 2.45) is 0 Å². The summed E-state index contributed by atoms with van der Waals surface area (Å²) in [4.78, 5) is 32.1. The summed E-state index contributed by atoms with van der Waals surface area (Å²) >= 11 is 1.66. The van der Waals surface area contributed by atoms with Gasteiger partial charge in [-0.3, -0.25) is 9.69 Å². The molecule has 0 unspecified atom stereocenters. The minimum Gasteiger partial charge on any atom is -0.497 e. The molecule has 34 heavy (non-hydrogen) atoms. The van der Waals surface area contributed by atoms with Crippen molar-refractivity contribution in [1.82, 2.24) is 4.98 Å². The molecule has 0 saturated carbocycles. The number of pyridine rings is 1. The number of aryl methyl sites for hydroxylation is 2. The lowest BCUT2D eigenvalue weighted by Crippen LogP contribution is -2.39. The van der Waals surface area contributed by atoms with Gasteiger partial charge in [-0.05, 0) is 61.9 Å². The Kier molecular flexibility index (Phi) is 6.93. The van der Waals surface area contributed by atoms with Gasteiger partial charge >= 0.3 is 6.03 Å². The predicted molar refractivity (Wildman–Crippen MR) is 135 cm³/mol. The summed E-state index contributed by atoms with van der Waals surface area (Å²) in [5.74, 6) is 1.62. The summed E-state index contributed by atoms with van der Waals surface area (Å²) in [5.41, 5.74) is 4.39. The van der Waals surface area contributed by atoms with Gasteiger partial charge in [-0.2, -0.15) is 0 Å². The molecule has 0 atom stereocenters. The summed E-state index contributed by atoms with van der Waals surface area (Å²) < 4.78 is 10.5. The summed E-state index contributed by atoms with van der Waals surface area (Å²) in [6.07, 6.45) is 0. The Balaban J connectivity index is 1.45. The number of nitrogens with one attached hydrogen (secondary N) is 2. The molecule has 1 aliphatic rings. The molecule has 8 nitrogen and oxygen atoms in total. The van der Waals surface area contributed by atoms with E-state index in [0.29, 0.717) is 35.0 Å². The van der Waals surface area contributed by atoms with Crippen LogP contribution in [0.3, 0.4) is 0 Å². The van der Waals surface area contributed by atoms with E-state index >= 15 is 0 Å². The number of carbonyl (C=O) groups excluding carboxylic acids is 2. The van der Waals surface area contributed by atoms with Crippen molar-refractivity contribution >= 4 is 40.8 Å². The van der Waals surface area contributed by atoms with Crippen molar-refractivity contribution in [3.8, 4) is 11.5 Å². The highest BCUT2D eigenvalue weighted by atomic mass is 32.2. The average Bonchev–Trinajstić information content (AvgIpc) is 2.84. The fraction of sp³-hybridized carbons (Fsp3) is 0.240. The molecule has 3 amide bonds. The highest BCUT2D eigenvalue weighted by molar-refractivity contribution is 7.99. The smallest absolute Gasteiger partial charge is 0.326 e. The molecule has 2 N–H and O–H groups in total. The zero-order valence-corrected chi connectivity index (χ0v) is 20.3. The predicted octanol–water partition coefficient (Wildman–Crippen LogP) is 5.11. The highest BCUT2D eigenvalue weighted by Crippen LogP contribution is 2.36. The summed E-state index contributed by atoms with van der Waals surface area (Å²) in [6.45, 7) is 4.54. The zero-order chi connectivity index (χ0) is 24.2. The molecule has 0 fully saturated rings. The summed E-state index contributed by atoms with van der Waals surface area (Å²) in [7, 11) is 3.09. The van der Waals surface area contributed by atoms with E-state index in [-0.39, 0.29) is 11.9 Å². The maximum atomic E-state index is 13.0. The van der Waals surface area contributed by atoms with Crippen LogP contribution in [0, 0.1) is 13.8 Å². The lowest BCUT2D eigenvalue weighted by Gasteiger charge is -2.30. The van der Waals surface area contributed by atoms with Crippen molar-refractivity contribution in [3.05, 3.63) is 65.4 Å². The van der Waals surface area contributed by atoms with E-state index in [1.165, 1.54) is 7.11 Å². The van der Waals surface area contributed by atoms with Gasteiger partial charge in [-0.15, -0.1) is 11.8 Å². The number of ether oxygens (including phenoxy) is 2. The van der Waals surface area contributed by atoms with E-state index in [2.05, 4.69) is 15.6 Å². The number of rotatable bonds is 5. The molecule has 176 valence electrons. The number of nitrogens with zero attached hydrogens (tertiary/aromatic N) is 2. The van der Waals surface area contributed by atoms with E-state index in [1.54, 1.807) is 66.2 Å². The Bertz CT molecular complexity index is 1230. The second kappa shape index (κ2) is 10.0. The van der Waals surface area contributed by atoms with Crippen LogP contribution in [0.5, 0.6) is 11.5 Å². The molecule has 0 saturated heterocycles. The van der Waals surface area contributed by atoms with Gasteiger partial charge in [0.15, 0.2) is 0 Å². The highest BCUT2D eigenvalue weighted by Gasteiger charge is 2.26. The van der Waals surface area contributed by atoms with Gasteiger partial charge in [0, 0.05) is 35.3 Å². The third kappa shape index (κ3) is 4.94. The van der Waals surface area contributed by atoms with Crippen LogP contribution in [0.1, 0.15) is 21.6 Å². The van der Waals surface area contributed by atoms with Crippen LogP contribution in [0.4, 0.5) is 21.9 Å². The van der Waals surface area contributed by atoms with Gasteiger partial charge in [0.1, 0.15) is 16.5 Å². The standard InChI is InChI=1S/C25H26N4O4S/c1-15-13-16(2)26-24-22(15)29(11-12-34-24)25(31)27-18-7-5-17(6-8-18)23(30)28-20-10-9-19(32-3)14-21(20)33-4/h5-10,13-14H,11-12H2,1-4H3,(H,27,31)(H,28,30). The molecule has 3 aromatic rings. The Morgan fingerprint density at radius 2 is 1.76 bits per heavy atom. The fourth-order valence-electron chi connectivity index (χ4n) is 3.77. The number of carbonyl (C=O) groups is 2. The first-order valence-corrected chi connectivity index (χ1v) is 11.7. The lowest BCUT2D eigenvalue weighted by atomic mass is 10.1. The monoisotopic (exact) mass is 478 g/mol. The second-order valence-electron chi connectivity index (χ2n) is 7.76. The third-order valence-corrected chi connectivity index (χ3v) is 6.35. The number of hydrogen-bond donors (Lipinski definition) is 2. The average molecular weight is 479 g/mol. The number of benzene rings is 2. The van der Waals surface area contributed by atoms with Crippen LogP contribution in [0.25, 0.3) is 0 Å². The summed E-state index contributed by atoms with van der Waals surface area (Å²) in [6, 6.07) is 13.7. The number of urea groups is 1. The van der Waals surface area contributed by atoms with E-state index in [9.17, 15) is 9.59 Å². The Labute approximate surface area is 202 Å². The van der Waals surface area contributed by atoms with Crippen LogP contribution in [-0.4, -0.2) is 43.4 Å². The number of fused-ring (bicyclic) bond motifs is 1. The third-order valence-electron chi connectivity index (χ3n) is 5.40. The number of hydrogen-bond acceptors (Lipinski definition) is 6. The van der Waals surface area contributed by atoms with E-state index in [1.807, 2.05) is 19.9 Å². The van der Waals surface area contributed by atoms with Gasteiger partial charge < -0.3 is 20.1 Å². The molecule has 9 heteroatoms. The molecule has 2 aromatic carbocycles. The number of methoxy groups -OCH3 is 2. The van der Waals surface area contributed by atoms with E-state index in [4.69, 9.17) is 9.47 Å². The fourth-order valence-corrected chi connectivity index (χ4v) is 4.85. The molecule has 1 aromatic heterocycles. The van der Waals surface area contributed by atoms with Crippen molar-refractivity contribution < 1.29 is 19.1 Å². The number of thioether (sulfide) groups is 1. The van der Waals surface area contributed by atoms with Crippen LogP contribution in [-0.2, 0) is 0 Å². The first-order valence-electron chi connectivity index (χ1n) is 10.7. The van der Waals surface area contributed by atoms with Crippen molar-refractivity contribution in [2.45, 2.75) is 18.9 Å². The van der Waals surface area contributed by atoms with Gasteiger partial charge in [0.2, 0.25) is 0 Å². The van der Waals surface area contributed by atoms with E-state index in [0.717, 1.165) is 27.7 Å². The summed E-state index contributed by atoms with van der Waals surface area (Å²) in [5, 5.41) is 6.64. The molecular weight excluding hydrogens is 452 g/mol. The van der Waals surface area contributed by atoms with Crippen LogP contribution < -0.4 is 25.0 Å². The first-order chi connectivity index (χ1) is 16.4. The number of aromatic nitrogens is 1. The van der Waals surface area contributed by atoms with Crippen LogP contribution in [0.2, 0.25) is 0 Å². The lowest BCUT2D eigenvalue weighted by molar-refractivity contribution is 0.102. The minimum atomic E-state index is -0.291. The van der Waals surface area contributed by atoms with Gasteiger partial charge in [0.05, 0.1) is 25.6 Å². The number of anilines is 3. The molecular formula is C25H26N4O4S. The Morgan fingerprint density at radius 3 is 2.47 bits per heavy atom. The van der Waals surface area contributed by atoms with Gasteiger partial charge in [-0.1, -0.05) is 0 Å². The molecule has 2 heterocycles. The molecule has 4 rings (SSSR count). The maximum Gasteiger partial charge on any atom is 0.326 e. The molecule has 1 aliphatic heterocycles. The maximum absolute atomic E-state index is 13.0. The second-order valence-corrected chi connectivity index (χ2v) is 8.85. The zero-order valence-electron chi connectivity index (χ0n) is 19.5. The van der Waals surface area contributed by atoms with Gasteiger partial charge in [0.25, 0.3) is 5.91 Å². The molecule has 0 aliphatic carbocycles. The topological polar surface area (TPSA) is 92.8 Å². The largest absolute Gasteiger partial charge is 0.497 e. The van der Waals surface area contributed by atoms with Crippen molar-refractivity contribution in [3.63, 3.8) is 0 Å². The molecule has 0 bridgehead atoms. The van der Waals surface area contributed by atoms with E-state index < -0.39 is 0 Å². The SMILES string of the molecule is COc1ccc(NC(=O)c2ccc(NC(=O)N3CCSc4nc(C)cc(C)c43)cc2)c(OC)c1. The minimum absolute atomic E-state index is 0.226. The first kappa shape index (κ1) is 23.4. The van der Waals surface area contributed by atoms with Crippen molar-refractivity contribution in [2.75, 3.05) is 42.1 Å². The normalized spacial score (nSPS) is 12.5.